The minimum atomic E-state index is -1.04. The number of rotatable bonds is 8. The van der Waals surface area contributed by atoms with Crippen LogP contribution < -0.4 is 9.64 Å². The van der Waals surface area contributed by atoms with Gasteiger partial charge < -0.3 is 19.0 Å². The Kier molecular flexibility index (Phi) is 6.66. The van der Waals surface area contributed by atoms with Crippen molar-refractivity contribution in [3.63, 3.8) is 0 Å². The molecule has 0 saturated carbocycles. The van der Waals surface area contributed by atoms with Crippen LogP contribution >= 0.6 is 0 Å². The van der Waals surface area contributed by atoms with Gasteiger partial charge in [0.2, 0.25) is 5.78 Å². The Balaban J connectivity index is 1.56. The molecular formula is C29H24N2O7. The second-order valence-corrected chi connectivity index (χ2v) is 8.60. The second kappa shape index (κ2) is 10.2. The number of ketones is 1. The molecule has 38 heavy (non-hydrogen) atoms. The van der Waals surface area contributed by atoms with Crippen molar-refractivity contribution in [2.75, 3.05) is 18.6 Å². The molecule has 0 saturated heterocycles. The number of hydrogen-bond acceptors (Lipinski definition) is 8. The molecule has 2 aromatic carbocycles. The molecule has 1 amide bonds. The maximum Gasteiger partial charge on any atom is 0.338 e. The molecule has 0 spiro atoms. The lowest BCUT2D eigenvalue weighted by Gasteiger charge is -2.26. The van der Waals surface area contributed by atoms with Crippen molar-refractivity contribution < 1.29 is 33.4 Å². The average Bonchev–Trinajstić information content (AvgIpc) is 3.51. The first-order valence-electron chi connectivity index (χ1n) is 12.0. The Hall–Kier alpha value is -4.92. The topological polar surface area (TPSA) is 119 Å². The average molecular weight is 513 g/mol. The van der Waals surface area contributed by atoms with Gasteiger partial charge in [-0.2, -0.15) is 0 Å². The van der Waals surface area contributed by atoms with Crippen molar-refractivity contribution in [2.45, 2.75) is 19.4 Å². The smallest absolute Gasteiger partial charge is 0.338 e. The van der Waals surface area contributed by atoms with Gasteiger partial charge in [-0.3, -0.25) is 19.5 Å². The monoisotopic (exact) mass is 512 g/mol. The van der Waals surface area contributed by atoms with Gasteiger partial charge in [-0.1, -0.05) is 25.1 Å². The minimum absolute atomic E-state index is 0.0596. The number of anilines is 1. The molecule has 1 unspecified atom stereocenters. The van der Waals surface area contributed by atoms with Gasteiger partial charge in [0.25, 0.3) is 5.91 Å². The van der Waals surface area contributed by atoms with Crippen LogP contribution in [0.15, 0.2) is 88.7 Å². The van der Waals surface area contributed by atoms with Gasteiger partial charge in [0, 0.05) is 17.3 Å². The predicted molar refractivity (Wildman–Crippen MR) is 138 cm³/mol. The van der Waals surface area contributed by atoms with Crippen LogP contribution in [-0.4, -0.2) is 41.5 Å². The second-order valence-electron chi connectivity index (χ2n) is 8.60. The molecule has 5 rings (SSSR count). The van der Waals surface area contributed by atoms with Crippen molar-refractivity contribution in [1.82, 2.24) is 4.98 Å². The fraction of sp³-hybridized carbons (Fsp3) is 0.172. The Labute approximate surface area is 217 Å². The lowest BCUT2D eigenvalue weighted by atomic mass is 9.98. The summed E-state index contributed by atoms with van der Waals surface area (Å²) in [6.45, 7) is 2.19. The lowest BCUT2D eigenvalue weighted by Crippen LogP contribution is -2.31. The van der Waals surface area contributed by atoms with E-state index in [0.717, 1.165) is 0 Å². The molecule has 1 aliphatic heterocycles. The summed E-state index contributed by atoms with van der Waals surface area (Å²) >= 11 is 0. The van der Waals surface area contributed by atoms with E-state index in [-0.39, 0.29) is 11.3 Å². The van der Waals surface area contributed by atoms with Crippen LogP contribution in [0.5, 0.6) is 5.75 Å². The highest BCUT2D eigenvalue weighted by Crippen LogP contribution is 2.42. The van der Waals surface area contributed by atoms with Gasteiger partial charge in [0.05, 0.1) is 30.5 Å². The number of carbonyl (C=O) groups is 3. The van der Waals surface area contributed by atoms with Gasteiger partial charge in [-0.25, -0.2) is 4.79 Å². The molecule has 0 fully saturated rings. The molecule has 9 heteroatoms. The number of amides is 1. The third-order valence-electron chi connectivity index (χ3n) is 6.19. The van der Waals surface area contributed by atoms with E-state index in [1.54, 1.807) is 54.6 Å². The van der Waals surface area contributed by atoms with Crippen LogP contribution in [0.4, 0.5) is 5.69 Å². The van der Waals surface area contributed by atoms with Gasteiger partial charge in [-0.05, 0) is 55.0 Å². The highest BCUT2D eigenvalue weighted by molar-refractivity contribution is 6.20. The van der Waals surface area contributed by atoms with Crippen LogP contribution in [0.25, 0.3) is 11.0 Å². The number of aromatic nitrogens is 1. The van der Waals surface area contributed by atoms with Crippen molar-refractivity contribution in [1.29, 1.82) is 0 Å². The molecule has 1 aliphatic rings. The van der Waals surface area contributed by atoms with Crippen molar-refractivity contribution in [2.24, 2.45) is 0 Å². The first-order valence-corrected chi connectivity index (χ1v) is 12.0. The summed E-state index contributed by atoms with van der Waals surface area (Å²) in [6, 6.07) is 17.0. The Morgan fingerprint density at radius 1 is 1.08 bits per heavy atom. The maximum absolute atomic E-state index is 13.8. The molecule has 0 aliphatic carbocycles. The first-order chi connectivity index (χ1) is 18.4. The Morgan fingerprint density at radius 2 is 1.87 bits per heavy atom. The van der Waals surface area contributed by atoms with E-state index in [9.17, 15) is 19.5 Å². The summed E-state index contributed by atoms with van der Waals surface area (Å²) in [6.07, 6.45) is 2.23. The van der Waals surface area contributed by atoms with Crippen molar-refractivity contribution in [3.8, 4) is 5.75 Å². The molecule has 1 atom stereocenters. The number of aliphatic hydroxyl groups excluding tert-OH is 1. The fourth-order valence-electron chi connectivity index (χ4n) is 4.40. The zero-order chi connectivity index (χ0) is 26.8. The van der Waals surface area contributed by atoms with Crippen LogP contribution in [-0.2, 0) is 9.53 Å². The molecule has 2 aromatic heterocycles. The van der Waals surface area contributed by atoms with Crippen molar-refractivity contribution >= 4 is 34.3 Å². The van der Waals surface area contributed by atoms with E-state index < -0.39 is 29.5 Å². The number of methoxy groups -OCH3 is 1. The molecule has 0 bridgehead atoms. The summed E-state index contributed by atoms with van der Waals surface area (Å²) in [5.74, 6) is -2.24. The number of pyridine rings is 1. The molecule has 9 nitrogen and oxygen atoms in total. The molecule has 4 aromatic rings. The number of para-hydroxylation sites is 1. The third-order valence-corrected chi connectivity index (χ3v) is 6.19. The maximum atomic E-state index is 13.8. The van der Waals surface area contributed by atoms with E-state index in [1.165, 1.54) is 30.3 Å². The van der Waals surface area contributed by atoms with E-state index in [2.05, 4.69) is 4.98 Å². The SMILES string of the molecule is CCCOC(=O)c1ccc(N2C(=O)C(O)=C(C(=O)c3cc4cccc(OC)c4o3)C2c2ccccn2)cc1. The Bertz CT molecular complexity index is 1560. The summed E-state index contributed by atoms with van der Waals surface area (Å²) in [5, 5.41) is 11.6. The molecule has 1 N–H and O–H groups in total. The molecular weight excluding hydrogens is 488 g/mol. The lowest BCUT2D eigenvalue weighted by molar-refractivity contribution is -0.117. The highest BCUT2D eigenvalue weighted by Gasteiger charge is 2.46. The van der Waals surface area contributed by atoms with Gasteiger partial charge in [0.15, 0.2) is 22.9 Å². The number of furan rings is 1. The Morgan fingerprint density at radius 3 is 2.55 bits per heavy atom. The van der Waals surface area contributed by atoms with Crippen LogP contribution in [0.1, 0.15) is 46.0 Å². The molecule has 0 radical (unpaired) electrons. The number of hydrogen-bond donors (Lipinski definition) is 1. The van der Waals surface area contributed by atoms with E-state index in [4.69, 9.17) is 13.9 Å². The number of ether oxygens (including phenoxy) is 2. The summed E-state index contributed by atoms with van der Waals surface area (Å²) in [4.78, 5) is 45.0. The summed E-state index contributed by atoms with van der Waals surface area (Å²) < 4.78 is 16.3. The van der Waals surface area contributed by atoms with Crippen LogP contribution in [0.2, 0.25) is 0 Å². The fourth-order valence-corrected chi connectivity index (χ4v) is 4.40. The number of benzene rings is 2. The zero-order valence-electron chi connectivity index (χ0n) is 20.7. The predicted octanol–water partition coefficient (Wildman–Crippen LogP) is 5.19. The summed E-state index contributed by atoms with van der Waals surface area (Å²) in [5.41, 5.74) is 1.25. The third kappa shape index (κ3) is 4.28. The first kappa shape index (κ1) is 24.8. The summed E-state index contributed by atoms with van der Waals surface area (Å²) in [7, 11) is 1.49. The van der Waals surface area contributed by atoms with Crippen LogP contribution in [0, 0.1) is 0 Å². The highest BCUT2D eigenvalue weighted by atomic mass is 16.5. The van der Waals surface area contributed by atoms with Gasteiger partial charge >= 0.3 is 5.97 Å². The van der Waals surface area contributed by atoms with E-state index in [0.29, 0.717) is 46.7 Å². The largest absolute Gasteiger partial charge is 0.503 e. The quantitative estimate of drug-likeness (QED) is 0.253. The number of nitrogens with zero attached hydrogens (tertiary/aromatic N) is 2. The van der Waals surface area contributed by atoms with Gasteiger partial charge in [0.1, 0.15) is 6.04 Å². The molecule has 192 valence electrons. The van der Waals surface area contributed by atoms with Crippen LogP contribution in [0.3, 0.4) is 0 Å². The number of aliphatic hydroxyl groups is 1. The molecule has 3 heterocycles. The zero-order valence-corrected chi connectivity index (χ0v) is 20.7. The number of esters is 1. The normalized spacial score (nSPS) is 15.3. The van der Waals surface area contributed by atoms with E-state index >= 15 is 0 Å². The standard InChI is InChI=1S/C29H24N2O7/c1-3-15-37-29(35)17-10-12-19(13-11-17)31-24(20-8-4-5-14-30-20)23(26(33)28(31)34)25(32)22-16-18-7-6-9-21(36-2)27(18)38-22/h4-14,16,24,33H,3,15H2,1-2H3. The van der Waals surface area contributed by atoms with E-state index in [1.807, 2.05) is 6.92 Å². The minimum Gasteiger partial charge on any atom is -0.503 e. The number of Topliss-reactive ketones (excluding diaryl/α,β-unsaturated/α-hetero) is 1. The number of fused-ring (bicyclic) bond motifs is 1. The van der Waals surface area contributed by atoms with Crippen molar-refractivity contribution in [3.05, 3.63) is 101 Å². The van der Waals surface area contributed by atoms with Gasteiger partial charge in [-0.15, -0.1) is 0 Å². The number of carbonyl (C=O) groups excluding carboxylic acids is 3.